The molecule has 1 aliphatic heterocycles. The van der Waals surface area contributed by atoms with Gasteiger partial charge in [-0.3, -0.25) is 19.3 Å². The Labute approximate surface area is 199 Å². The number of rotatable bonds is 4. The van der Waals surface area contributed by atoms with E-state index in [9.17, 15) is 31.9 Å². The highest BCUT2D eigenvalue weighted by molar-refractivity contribution is 6.10. The summed E-state index contributed by atoms with van der Waals surface area (Å²) < 4.78 is 53.5. The number of carbonyl (C=O) groups is 3. The van der Waals surface area contributed by atoms with E-state index in [0.29, 0.717) is 11.1 Å². The maximum absolute atomic E-state index is 14.7. The van der Waals surface area contributed by atoms with Crippen LogP contribution in [0.25, 0.3) is 0 Å². The zero-order valence-electron chi connectivity index (χ0n) is 19.4. The second-order valence-corrected chi connectivity index (χ2v) is 9.25. The lowest BCUT2D eigenvalue weighted by Crippen LogP contribution is -2.73. The second-order valence-electron chi connectivity index (χ2n) is 9.25. The molecule has 11 heteroatoms. The number of benzene rings is 1. The third kappa shape index (κ3) is 4.35. The van der Waals surface area contributed by atoms with Crippen LogP contribution >= 0.6 is 0 Å². The number of piperazine rings is 1. The maximum Gasteiger partial charge on any atom is 0.416 e. The zero-order chi connectivity index (χ0) is 25.7. The van der Waals surface area contributed by atoms with Crippen molar-refractivity contribution in [1.29, 1.82) is 0 Å². The molecule has 1 spiro atoms. The summed E-state index contributed by atoms with van der Waals surface area (Å²) >= 11 is 0. The Hall–Kier alpha value is -3.50. The number of amides is 3. The number of pyridine rings is 1. The van der Waals surface area contributed by atoms with E-state index in [-0.39, 0.29) is 31.1 Å². The van der Waals surface area contributed by atoms with E-state index in [1.54, 1.807) is 21.0 Å². The Morgan fingerprint density at radius 1 is 1.17 bits per heavy atom. The van der Waals surface area contributed by atoms with Crippen LogP contribution in [-0.2, 0) is 27.1 Å². The Bertz CT molecular complexity index is 1170. The van der Waals surface area contributed by atoms with Gasteiger partial charge in [0.25, 0.3) is 5.91 Å². The molecule has 1 saturated heterocycles. The average Bonchev–Trinajstić information content (AvgIpc) is 2.74. The van der Waals surface area contributed by atoms with Gasteiger partial charge >= 0.3 is 6.18 Å². The highest BCUT2D eigenvalue weighted by Crippen LogP contribution is 2.48. The zero-order valence-corrected chi connectivity index (χ0v) is 19.4. The first-order chi connectivity index (χ1) is 16.3. The van der Waals surface area contributed by atoms with Crippen molar-refractivity contribution in [1.82, 2.24) is 14.8 Å². The van der Waals surface area contributed by atoms with E-state index < -0.39 is 47.4 Å². The van der Waals surface area contributed by atoms with Crippen molar-refractivity contribution < 1.29 is 31.9 Å². The van der Waals surface area contributed by atoms with Gasteiger partial charge in [-0.15, -0.1) is 0 Å². The fourth-order valence-corrected chi connectivity index (χ4v) is 4.71. The van der Waals surface area contributed by atoms with E-state index in [1.165, 1.54) is 34.2 Å². The van der Waals surface area contributed by atoms with Gasteiger partial charge in [-0.1, -0.05) is 12.1 Å². The molecule has 0 N–H and O–H groups in total. The minimum absolute atomic E-state index is 0.0270. The second kappa shape index (κ2) is 8.62. The molecule has 0 atom stereocenters. The highest BCUT2D eigenvalue weighted by atomic mass is 19.4. The molecule has 0 unspecified atom stereocenters. The number of halogens is 4. The lowest BCUT2D eigenvalue weighted by Gasteiger charge is -2.56. The molecule has 0 radical (unpaired) electrons. The van der Waals surface area contributed by atoms with Crippen molar-refractivity contribution >= 4 is 23.5 Å². The summed E-state index contributed by atoms with van der Waals surface area (Å²) in [6.45, 7) is 1.05. The largest absolute Gasteiger partial charge is 0.416 e. The van der Waals surface area contributed by atoms with Gasteiger partial charge < -0.3 is 9.80 Å². The van der Waals surface area contributed by atoms with Crippen LogP contribution in [-0.4, -0.2) is 58.7 Å². The smallest absolute Gasteiger partial charge is 0.349 e. The molecular formula is C24H24F4N4O3. The van der Waals surface area contributed by atoms with Gasteiger partial charge in [-0.25, -0.2) is 9.37 Å². The third-order valence-electron chi connectivity index (χ3n) is 6.55. The van der Waals surface area contributed by atoms with Crippen LogP contribution in [0.1, 0.15) is 29.5 Å². The van der Waals surface area contributed by atoms with Crippen molar-refractivity contribution in [2.45, 2.75) is 38.0 Å². The van der Waals surface area contributed by atoms with E-state index in [1.807, 2.05) is 0 Å². The molecule has 2 aromatic rings. The molecule has 1 saturated carbocycles. The number of carbonyl (C=O) groups excluding carboxylic acids is 3. The van der Waals surface area contributed by atoms with Gasteiger partial charge in [0.05, 0.1) is 5.56 Å². The van der Waals surface area contributed by atoms with Gasteiger partial charge in [-0.05, 0) is 49.1 Å². The van der Waals surface area contributed by atoms with Crippen LogP contribution in [0.15, 0.2) is 36.5 Å². The summed E-state index contributed by atoms with van der Waals surface area (Å²) in [5.74, 6) is -2.83. The molecule has 1 aromatic carbocycles. The quantitative estimate of drug-likeness (QED) is 0.615. The first kappa shape index (κ1) is 24.6. The molecule has 1 aromatic heterocycles. The van der Waals surface area contributed by atoms with Crippen molar-refractivity contribution in [2.75, 3.05) is 25.5 Å². The van der Waals surface area contributed by atoms with Crippen LogP contribution < -0.4 is 4.90 Å². The van der Waals surface area contributed by atoms with Gasteiger partial charge in [-0.2, -0.15) is 13.2 Å². The Morgan fingerprint density at radius 2 is 1.80 bits per heavy atom. The topological polar surface area (TPSA) is 73.8 Å². The van der Waals surface area contributed by atoms with Crippen molar-refractivity contribution in [3.05, 3.63) is 59.0 Å². The summed E-state index contributed by atoms with van der Waals surface area (Å²) in [6, 6.07) is 5.54. The summed E-state index contributed by atoms with van der Waals surface area (Å²) in [5, 5.41) is 0. The molecule has 0 bridgehead atoms. The molecule has 35 heavy (non-hydrogen) atoms. The van der Waals surface area contributed by atoms with Gasteiger partial charge in [0.2, 0.25) is 11.8 Å². The van der Waals surface area contributed by atoms with Crippen molar-refractivity contribution in [3.8, 4) is 0 Å². The lowest BCUT2D eigenvalue weighted by molar-refractivity contribution is -0.167. The molecule has 4 rings (SSSR count). The Balaban J connectivity index is 1.67. The van der Waals surface area contributed by atoms with Crippen LogP contribution in [0.3, 0.4) is 0 Å². The minimum atomic E-state index is -4.50. The van der Waals surface area contributed by atoms with Crippen LogP contribution in [0.4, 0.5) is 23.4 Å². The molecule has 2 fully saturated rings. The summed E-state index contributed by atoms with van der Waals surface area (Å²) in [6.07, 6.45) is -3.06. The van der Waals surface area contributed by atoms with E-state index in [4.69, 9.17) is 0 Å². The predicted octanol–water partition coefficient (Wildman–Crippen LogP) is 3.16. The number of aromatic nitrogens is 1. The first-order valence-electron chi connectivity index (χ1n) is 11.0. The molecule has 7 nitrogen and oxygen atoms in total. The molecule has 3 amide bonds. The molecule has 2 heterocycles. The van der Waals surface area contributed by atoms with Gasteiger partial charge in [0, 0.05) is 32.8 Å². The van der Waals surface area contributed by atoms with Gasteiger partial charge in [0.1, 0.15) is 12.1 Å². The van der Waals surface area contributed by atoms with Crippen LogP contribution in [0.5, 0.6) is 0 Å². The first-order valence-corrected chi connectivity index (χ1v) is 11.0. The fraction of sp³-hybridized carbons (Fsp3) is 0.417. The molecule has 186 valence electrons. The average molecular weight is 492 g/mol. The number of anilines is 1. The summed E-state index contributed by atoms with van der Waals surface area (Å²) in [4.78, 5) is 47.2. The Kier molecular flexibility index (Phi) is 6.06. The lowest BCUT2D eigenvalue weighted by atomic mass is 9.64. The van der Waals surface area contributed by atoms with Crippen molar-refractivity contribution in [3.63, 3.8) is 0 Å². The predicted molar refractivity (Wildman–Crippen MR) is 117 cm³/mol. The Morgan fingerprint density at radius 3 is 2.34 bits per heavy atom. The summed E-state index contributed by atoms with van der Waals surface area (Å²) in [7, 11) is 3.16. The molecular weight excluding hydrogens is 468 g/mol. The highest BCUT2D eigenvalue weighted by Gasteiger charge is 2.62. The number of aryl methyl sites for hydroxylation is 1. The normalized spacial score (nSPS) is 22.4. The standard InChI is InChI=1S/C24H24F4N4O3/c1-14-8-18(25)20(29-11-14)31-13-19(33)32(12-15-4-6-17(7-5-15)24(26,27)28)23(22(31)35)9-16(10-23)21(34)30(2)3/h4-8,11,16H,9-10,12-13H2,1-3H3. The number of hydrogen-bond donors (Lipinski definition) is 0. The number of nitrogens with zero attached hydrogens (tertiary/aromatic N) is 4. The van der Waals surface area contributed by atoms with Crippen LogP contribution in [0, 0.1) is 18.7 Å². The fourth-order valence-electron chi connectivity index (χ4n) is 4.71. The van der Waals surface area contributed by atoms with Crippen LogP contribution in [0.2, 0.25) is 0 Å². The van der Waals surface area contributed by atoms with Gasteiger partial charge in [0.15, 0.2) is 11.6 Å². The maximum atomic E-state index is 14.7. The molecule has 1 aliphatic carbocycles. The summed E-state index contributed by atoms with van der Waals surface area (Å²) in [5.41, 5.74) is -1.31. The minimum Gasteiger partial charge on any atom is -0.349 e. The molecule has 2 aliphatic rings. The number of alkyl halides is 3. The SMILES string of the molecule is Cc1cnc(N2CC(=O)N(Cc3ccc(C(F)(F)F)cc3)C3(CC(C(=O)N(C)C)C3)C2=O)c(F)c1. The third-order valence-corrected chi connectivity index (χ3v) is 6.55. The van der Waals surface area contributed by atoms with E-state index in [0.717, 1.165) is 17.0 Å². The van der Waals surface area contributed by atoms with E-state index in [2.05, 4.69) is 4.98 Å². The number of hydrogen-bond acceptors (Lipinski definition) is 4. The van der Waals surface area contributed by atoms with Crippen molar-refractivity contribution in [2.24, 2.45) is 5.92 Å². The monoisotopic (exact) mass is 492 g/mol. The van der Waals surface area contributed by atoms with E-state index >= 15 is 0 Å².